The molecular formula is C17H21NO4. The zero-order valence-electron chi connectivity index (χ0n) is 13.1. The summed E-state index contributed by atoms with van der Waals surface area (Å²) in [7, 11) is 0. The molecule has 1 fully saturated rings. The molecule has 1 aromatic carbocycles. The summed E-state index contributed by atoms with van der Waals surface area (Å²) in [6.45, 7) is 5.63. The van der Waals surface area contributed by atoms with E-state index in [0.717, 1.165) is 18.4 Å². The molecule has 2 aliphatic rings. The molecule has 0 spiro atoms. The van der Waals surface area contributed by atoms with Gasteiger partial charge in [0.1, 0.15) is 17.4 Å². The van der Waals surface area contributed by atoms with Crippen molar-refractivity contribution in [3.63, 3.8) is 0 Å². The number of amides is 1. The Labute approximate surface area is 130 Å². The van der Waals surface area contributed by atoms with E-state index >= 15 is 0 Å². The minimum atomic E-state index is -0.805. The lowest BCUT2D eigenvalue weighted by Gasteiger charge is -2.14. The molecule has 22 heavy (non-hydrogen) atoms. The van der Waals surface area contributed by atoms with Crippen LogP contribution in [0, 0.1) is 0 Å². The summed E-state index contributed by atoms with van der Waals surface area (Å²) >= 11 is 0. The average molecular weight is 303 g/mol. The zero-order valence-corrected chi connectivity index (χ0v) is 13.1. The van der Waals surface area contributed by atoms with Crippen LogP contribution in [0.2, 0.25) is 0 Å². The highest BCUT2D eigenvalue weighted by atomic mass is 16.6. The minimum Gasteiger partial charge on any atom is -0.489 e. The number of esters is 1. The number of ether oxygens (including phenoxy) is 2. The number of rotatable bonds is 4. The van der Waals surface area contributed by atoms with Gasteiger partial charge in [0.15, 0.2) is 6.10 Å². The molecule has 118 valence electrons. The van der Waals surface area contributed by atoms with Crippen molar-refractivity contribution < 1.29 is 19.1 Å². The molecule has 3 atom stereocenters. The van der Waals surface area contributed by atoms with Gasteiger partial charge in [0.25, 0.3) is 5.91 Å². The van der Waals surface area contributed by atoms with Gasteiger partial charge in [0, 0.05) is 17.5 Å². The van der Waals surface area contributed by atoms with Gasteiger partial charge < -0.3 is 14.8 Å². The number of nitrogens with one attached hydrogen (secondary N) is 1. The second-order valence-corrected chi connectivity index (χ2v) is 6.17. The fourth-order valence-electron chi connectivity index (χ4n) is 2.57. The number of benzene rings is 1. The maximum Gasteiger partial charge on any atom is 0.342 e. The fraction of sp³-hybridized carbons (Fsp3) is 0.529. The normalized spacial score (nSPS) is 24.1. The predicted octanol–water partition coefficient (Wildman–Crippen LogP) is 2.39. The second kappa shape index (κ2) is 5.63. The summed E-state index contributed by atoms with van der Waals surface area (Å²) in [5.41, 5.74) is 1.40. The van der Waals surface area contributed by atoms with Gasteiger partial charge in [-0.15, -0.1) is 0 Å². The lowest BCUT2D eigenvalue weighted by atomic mass is 9.97. The molecule has 1 N–H and O–H groups in total. The molecule has 5 nitrogen and oxygen atoms in total. The number of para-hydroxylation sites is 1. The number of carbonyl (C=O) groups excluding carboxylic acids is 2. The van der Waals surface area contributed by atoms with E-state index < -0.39 is 12.1 Å². The third-order valence-corrected chi connectivity index (χ3v) is 4.34. The van der Waals surface area contributed by atoms with Gasteiger partial charge in [-0.2, -0.15) is 0 Å². The second-order valence-electron chi connectivity index (χ2n) is 6.17. The van der Waals surface area contributed by atoms with Crippen LogP contribution in [0.25, 0.3) is 0 Å². The standard InChI is InChI=1S/C17H21NO4/c1-9-10(2)21-15-13(9)5-4-6-14(15)17(20)22-11(3)16(19)18-12-7-8-12/h4-6,9-12H,7-8H2,1-3H3,(H,18,19)/t9-,10-,11-/m0/s1. The van der Waals surface area contributed by atoms with E-state index in [0.29, 0.717) is 11.3 Å². The van der Waals surface area contributed by atoms with Gasteiger partial charge in [0.2, 0.25) is 0 Å². The van der Waals surface area contributed by atoms with Crippen LogP contribution in [0.1, 0.15) is 55.5 Å². The van der Waals surface area contributed by atoms with Crippen molar-refractivity contribution >= 4 is 11.9 Å². The van der Waals surface area contributed by atoms with Crippen LogP contribution in [-0.2, 0) is 9.53 Å². The molecular weight excluding hydrogens is 282 g/mol. The third-order valence-electron chi connectivity index (χ3n) is 4.34. The predicted molar refractivity (Wildman–Crippen MR) is 81.0 cm³/mol. The van der Waals surface area contributed by atoms with Gasteiger partial charge in [-0.3, -0.25) is 4.79 Å². The first kappa shape index (κ1) is 14.9. The van der Waals surface area contributed by atoms with E-state index in [1.165, 1.54) is 0 Å². The summed E-state index contributed by atoms with van der Waals surface area (Å²) in [6, 6.07) is 5.71. The maximum absolute atomic E-state index is 12.4. The summed E-state index contributed by atoms with van der Waals surface area (Å²) in [6.07, 6.45) is 1.23. The molecule has 1 aromatic rings. The van der Waals surface area contributed by atoms with Crippen LogP contribution in [0.5, 0.6) is 5.75 Å². The Kier molecular flexibility index (Phi) is 3.81. The first-order valence-electron chi connectivity index (χ1n) is 7.78. The van der Waals surface area contributed by atoms with Crippen LogP contribution in [0.3, 0.4) is 0 Å². The van der Waals surface area contributed by atoms with Crippen molar-refractivity contribution in [3.05, 3.63) is 29.3 Å². The van der Waals surface area contributed by atoms with Crippen molar-refractivity contribution in [3.8, 4) is 5.75 Å². The maximum atomic E-state index is 12.4. The highest BCUT2D eigenvalue weighted by molar-refractivity contribution is 5.95. The summed E-state index contributed by atoms with van der Waals surface area (Å²) in [5.74, 6) is 0.0586. The molecule has 0 bridgehead atoms. The molecule has 5 heteroatoms. The highest BCUT2D eigenvalue weighted by Gasteiger charge is 2.33. The Bertz CT molecular complexity index is 609. The summed E-state index contributed by atoms with van der Waals surface area (Å²) in [4.78, 5) is 24.2. The third kappa shape index (κ3) is 2.80. The minimum absolute atomic E-state index is 0.0274. The lowest BCUT2D eigenvalue weighted by Crippen LogP contribution is -2.37. The van der Waals surface area contributed by atoms with Gasteiger partial charge in [-0.05, 0) is 32.8 Å². The Morgan fingerprint density at radius 1 is 1.32 bits per heavy atom. The molecule has 3 rings (SSSR count). The van der Waals surface area contributed by atoms with E-state index in [1.54, 1.807) is 13.0 Å². The quantitative estimate of drug-likeness (QED) is 0.868. The van der Waals surface area contributed by atoms with Crippen LogP contribution >= 0.6 is 0 Å². The smallest absolute Gasteiger partial charge is 0.342 e. The van der Waals surface area contributed by atoms with Gasteiger partial charge >= 0.3 is 5.97 Å². The number of fused-ring (bicyclic) bond motifs is 1. The molecule has 0 unspecified atom stereocenters. The van der Waals surface area contributed by atoms with Crippen LogP contribution < -0.4 is 10.1 Å². The molecule has 1 aliphatic carbocycles. The Morgan fingerprint density at radius 3 is 2.73 bits per heavy atom. The Balaban J connectivity index is 1.72. The van der Waals surface area contributed by atoms with Crippen LogP contribution in [-0.4, -0.2) is 30.1 Å². The monoisotopic (exact) mass is 303 g/mol. The molecule has 0 aromatic heterocycles. The average Bonchev–Trinajstić information content (AvgIpc) is 3.25. The zero-order chi connectivity index (χ0) is 15.9. The first-order chi connectivity index (χ1) is 10.5. The molecule has 1 saturated carbocycles. The largest absolute Gasteiger partial charge is 0.489 e. The Hall–Kier alpha value is -2.04. The lowest BCUT2D eigenvalue weighted by molar-refractivity contribution is -0.129. The van der Waals surface area contributed by atoms with Crippen LogP contribution in [0.15, 0.2) is 18.2 Å². The van der Waals surface area contributed by atoms with Gasteiger partial charge in [-0.25, -0.2) is 4.79 Å². The fourth-order valence-corrected chi connectivity index (χ4v) is 2.57. The molecule has 1 heterocycles. The molecule has 0 saturated heterocycles. The number of carbonyl (C=O) groups is 2. The highest BCUT2D eigenvalue weighted by Crippen LogP contribution is 2.40. The first-order valence-corrected chi connectivity index (χ1v) is 7.78. The topological polar surface area (TPSA) is 64.6 Å². The van der Waals surface area contributed by atoms with Crippen molar-refractivity contribution in [2.75, 3.05) is 0 Å². The van der Waals surface area contributed by atoms with Crippen molar-refractivity contribution in [2.45, 2.75) is 57.8 Å². The summed E-state index contributed by atoms with van der Waals surface area (Å²) in [5, 5.41) is 2.83. The van der Waals surface area contributed by atoms with Gasteiger partial charge in [-0.1, -0.05) is 19.1 Å². The number of hydrogen-bond acceptors (Lipinski definition) is 4. The molecule has 1 aliphatic heterocycles. The van der Waals surface area contributed by atoms with E-state index in [9.17, 15) is 9.59 Å². The molecule has 0 radical (unpaired) electrons. The SMILES string of the molecule is C[C@H](OC(=O)c1cccc2c1O[C@@H](C)[C@@H]2C)C(=O)NC1CC1. The summed E-state index contributed by atoms with van der Waals surface area (Å²) < 4.78 is 11.1. The molecule has 1 amide bonds. The van der Waals surface area contributed by atoms with Gasteiger partial charge in [0.05, 0.1) is 0 Å². The van der Waals surface area contributed by atoms with Crippen molar-refractivity contribution in [2.24, 2.45) is 0 Å². The van der Waals surface area contributed by atoms with Crippen LogP contribution in [0.4, 0.5) is 0 Å². The van der Waals surface area contributed by atoms with Crippen molar-refractivity contribution in [1.82, 2.24) is 5.32 Å². The van der Waals surface area contributed by atoms with E-state index in [1.807, 2.05) is 19.1 Å². The number of hydrogen-bond donors (Lipinski definition) is 1. The van der Waals surface area contributed by atoms with E-state index in [4.69, 9.17) is 9.47 Å². The Morgan fingerprint density at radius 2 is 2.05 bits per heavy atom. The van der Waals surface area contributed by atoms with Crippen molar-refractivity contribution in [1.29, 1.82) is 0 Å². The van der Waals surface area contributed by atoms with E-state index in [-0.39, 0.29) is 24.0 Å². The van der Waals surface area contributed by atoms with E-state index in [2.05, 4.69) is 12.2 Å².